The van der Waals surface area contributed by atoms with Crippen molar-refractivity contribution in [1.82, 2.24) is 15.2 Å². The lowest BCUT2D eigenvalue weighted by Crippen LogP contribution is -2.54. The molecule has 0 radical (unpaired) electrons. The third-order valence-corrected chi connectivity index (χ3v) is 4.94. The van der Waals surface area contributed by atoms with Gasteiger partial charge in [-0.1, -0.05) is 6.07 Å². The van der Waals surface area contributed by atoms with Crippen LogP contribution in [0.4, 0.5) is 5.82 Å². The summed E-state index contributed by atoms with van der Waals surface area (Å²) in [4.78, 5) is 14.0. The summed E-state index contributed by atoms with van der Waals surface area (Å²) in [5.74, 6) is 1.98. The first-order valence-corrected chi connectivity index (χ1v) is 10.2. The first kappa shape index (κ1) is 23.9. The van der Waals surface area contributed by atoms with Crippen LogP contribution in [0.2, 0.25) is 0 Å². The van der Waals surface area contributed by atoms with Gasteiger partial charge in [-0.25, -0.2) is 4.98 Å². The van der Waals surface area contributed by atoms with Crippen molar-refractivity contribution in [2.24, 2.45) is 4.99 Å². The fourth-order valence-electron chi connectivity index (χ4n) is 3.45. The fourth-order valence-corrected chi connectivity index (χ4v) is 3.45. The molecule has 0 saturated carbocycles. The maximum atomic E-state index is 5.73. The van der Waals surface area contributed by atoms with Crippen LogP contribution in [0.25, 0.3) is 0 Å². The Kier molecular flexibility index (Phi) is 10.7. The molecule has 8 nitrogen and oxygen atoms in total. The van der Waals surface area contributed by atoms with E-state index in [0.29, 0.717) is 26.4 Å². The molecule has 1 N–H and O–H groups in total. The van der Waals surface area contributed by atoms with Gasteiger partial charge in [0.2, 0.25) is 0 Å². The van der Waals surface area contributed by atoms with E-state index in [1.54, 1.807) is 7.11 Å². The van der Waals surface area contributed by atoms with Crippen molar-refractivity contribution in [1.29, 1.82) is 0 Å². The minimum Gasteiger partial charge on any atom is -0.383 e. The van der Waals surface area contributed by atoms with Crippen molar-refractivity contribution in [3.63, 3.8) is 0 Å². The monoisotopic (exact) mass is 471 g/mol. The third-order valence-electron chi connectivity index (χ3n) is 4.94. The molecule has 3 heterocycles. The molecule has 0 aromatic carbocycles. The summed E-state index contributed by atoms with van der Waals surface area (Å²) >= 11 is 0. The van der Waals surface area contributed by atoms with E-state index in [2.05, 4.69) is 33.1 Å². The molecule has 1 aromatic heterocycles. The van der Waals surface area contributed by atoms with Gasteiger partial charge in [0.05, 0.1) is 32.5 Å². The van der Waals surface area contributed by atoms with Gasteiger partial charge in [-0.2, -0.15) is 0 Å². The Morgan fingerprint density at radius 2 is 2.14 bits per heavy atom. The van der Waals surface area contributed by atoms with E-state index in [0.717, 1.165) is 50.9 Å². The van der Waals surface area contributed by atoms with Crippen LogP contribution in [-0.2, 0) is 14.2 Å². The van der Waals surface area contributed by atoms with Crippen LogP contribution < -0.4 is 10.2 Å². The van der Waals surface area contributed by atoms with Gasteiger partial charge in [0.1, 0.15) is 5.82 Å². The predicted molar refractivity (Wildman–Crippen MR) is 120 cm³/mol. The number of halogens is 1. The summed E-state index contributed by atoms with van der Waals surface area (Å²) in [6.07, 6.45) is 2.87. The first-order valence-electron chi connectivity index (χ1n) is 10.2. The van der Waals surface area contributed by atoms with Crippen LogP contribution in [0.15, 0.2) is 29.4 Å². The molecule has 1 aromatic rings. The molecule has 164 valence electrons. The lowest BCUT2D eigenvalue weighted by Gasteiger charge is -2.38. The quantitative estimate of drug-likeness (QED) is 0.477. The molecule has 2 unspecified atom stereocenters. The average Bonchev–Trinajstić information content (AvgIpc) is 2.75. The number of aliphatic imine (C=N–C) groups is 1. The van der Waals surface area contributed by atoms with Crippen molar-refractivity contribution >= 4 is 28.8 Å². The summed E-state index contributed by atoms with van der Waals surface area (Å²) in [5, 5.41) is 3.52. The highest BCUT2D eigenvalue weighted by atomic mass is 79.9. The van der Waals surface area contributed by atoms with Gasteiger partial charge in [-0.3, -0.25) is 4.99 Å². The smallest absolute Gasteiger partial charge is 0.194 e. The number of rotatable bonds is 7. The molecule has 0 aliphatic carbocycles. The molecule has 9 heteroatoms. The molecular weight excluding hydrogens is 438 g/mol. The van der Waals surface area contributed by atoms with E-state index in [1.165, 1.54) is 0 Å². The number of methoxy groups -OCH3 is 1. The van der Waals surface area contributed by atoms with E-state index in [4.69, 9.17) is 19.2 Å². The van der Waals surface area contributed by atoms with E-state index in [-0.39, 0.29) is 29.1 Å². The molecule has 0 bridgehead atoms. The molecule has 29 heavy (non-hydrogen) atoms. The minimum atomic E-state index is 0. The zero-order valence-electron chi connectivity index (χ0n) is 17.5. The van der Waals surface area contributed by atoms with Crippen molar-refractivity contribution < 1.29 is 14.2 Å². The number of hydrogen-bond acceptors (Lipinski definition) is 6. The second-order valence-electron chi connectivity index (χ2n) is 7.22. The van der Waals surface area contributed by atoms with Gasteiger partial charge >= 0.3 is 0 Å². The lowest BCUT2D eigenvalue weighted by molar-refractivity contribution is -0.0895. The third kappa shape index (κ3) is 7.73. The normalized spacial score (nSPS) is 21.4. The molecule has 3 rings (SSSR count). The second kappa shape index (κ2) is 13.0. The number of ether oxygens (including phenoxy) is 3. The standard InChI is InChI=1S/C20H33N5O3.BrH/c1-17(15-26-2)23-20(22-8-6-18-16-27-13-14-28-18)25-11-9-24(10-12-25)19-5-3-4-7-21-19;/h3-5,7,17-18H,6,8-16H2,1-2H3,(H,22,23);1H. The first-order chi connectivity index (χ1) is 13.8. The number of pyridine rings is 1. The van der Waals surface area contributed by atoms with Crippen molar-refractivity contribution in [3.05, 3.63) is 24.4 Å². The molecule has 2 atom stereocenters. The molecule has 2 aliphatic rings. The average molecular weight is 472 g/mol. The fraction of sp³-hybridized carbons (Fsp3) is 0.700. The zero-order chi connectivity index (χ0) is 19.6. The predicted octanol–water partition coefficient (Wildman–Crippen LogP) is 1.57. The Labute approximate surface area is 184 Å². The maximum Gasteiger partial charge on any atom is 0.194 e. The Balaban J connectivity index is 0.00000300. The Morgan fingerprint density at radius 3 is 2.79 bits per heavy atom. The van der Waals surface area contributed by atoms with Crippen LogP contribution in [0, 0.1) is 0 Å². The number of nitrogens with zero attached hydrogens (tertiary/aromatic N) is 4. The van der Waals surface area contributed by atoms with E-state index >= 15 is 0 Å². The van der Waals surface area contributed by atoms with Gasteiger partial charge in [0.25, 0.3) is 0 Å². The van der Waals surface area contributed by atoms with Gasteiger partial charge < -0.3 is 29.3 Å². The summed E-state index contributed by atoms with van der Waals surface area (Å²) in [5.41, 5.74) is 0. The second-order valence-corrected chi connectivity index (χ2v) is 7.22. The highest BCUT2D eigenvalue weighted by Crippen LogP contribution is 2.13. The number of guanidine groups is 1. The molecule has 0 spiro atoms. The minimum absolute atomic E-state index is 0. The van der Waals surface area contributed by atoms with Gasteiger partial charge in [0, 0.05) is 52.1 Å². The highest BCUT2D eigenvalue weighted by molar-refractivity contribution is 8.93. The Hall–Kier alpha value is -1.42. The highest BCUT2D eigenvalue weighted by Gasteiger charge is 2.22. The molecule has 2 fully saturated rings. The van der Waals surface area contributed by atoms with Crippen LogP contribution in [0.3, 0.4) is 0 Å². The Bertz CT molecular complexity index is 593. The summed E-state index contributed by atoms with van der Waals surface area (Å²) in [6, 6.07) is 6.25. The van der Waals surface area contributed by atoms with Gasteiger partial charge in [0.15, 0.2) is 5.96 Å². The summed E-state index contributed by atoms with van der Waals surface area (Å²) in [6.45, 7) is 9.19. The molecule has 2 aliphatic heterocycles. The van der Waals surface area contributed by atoms with Crippen LogP contribution >= 0.6 is 17.0 Å². The summed E-state index contributed by atoms with van der Waals surface area (Å²) < 4.78 is 16.5. The van der Waals surface area contributed by atoms with E-state index in [1.807, 2.05) is 18.3 Å². The number of nitrogens with one attached hydrogen (secondary N) is 1. The largest absolute Gasteiger partial charge is 0.383 e. The molecule has 0 amide bonds. The molecule has 2 saturated heterocycles. The lowest BCUT2D eigenvalue weighted by atomic mass is 10.2. The van der Waals surface area contributed by atoms with Crippen LogP contribution in [-0.4, -0.2) is 94.3 Å². The SMILES string of the molecule is Br.COCC(C)NC(=NCCC1COCCO1)N1CCN(c2ccccn2)CC1. The number of hydrogen-bond donors (Lipinski definition) is 1. The summed E-state index contributed by atoms with van der Waals surface area (Å²) in [7, 11) is 1.72. The number of aromatic nitrogens is 1. The topological polar surface area (TPSA) is 71.5 Å². The van der Waals surface area contributed by atoms with Gasteiger partial charge in [-0.05, 0) is 25.5 Å². The van der Waals surface area contributed by atoms with Crippen molar-refractivity contribution in [2.75, 3.05) is 71.2 Å². The Morgan fingerprint density at radius 1 is 1.31 bits per heavy atom. The van der Waals surface area contributed by atoms with Crippen LogP contribution in [0.5, 0.6) is 0 Å². The molecular formula is C20H34BrN5O3. The van der Waals surface area contributed by atoms with E-state index in [9.17, 15) is 0 Å². The van der Waals surface area contributed by atoms with Crippen LogP contribution in [0.1, 0.15) is 13.3 Å². The van der Waals surface area contributed by atoms with E-state index < -0.39 is 0 Å². The van der Waals surface area contributed by atoms with Gasteiger partial charge in [-0.15, -0.1) is 17.0 Å². The maximum absolute atomic E-state index is 5.73. The van der Waals surface area contributed by atoms with Crippen molar-refractivity contribution in [3.8, 4) is 0 Å². The zero-order valence-corrected chi connectivity index (χ0v) is 19.2. The number of piperazine rings is 1. The van der Waals surface area contributed by atoms with Crippen molar-refractivity contribution in [2.45, 2.75) is 25.5 Å². The number of anilines is 1.